The number of hydrogen-bond donors (Lipinski definition) is 0. The van der Waals surface area contributed by atoms with Crippen LogP contribution in [0.5, 0.6) is 0 Å². The molecule has 0 unspecified atom stereocenters. The van der Waals surface area contributed by atoms with Crippen LogP contribution in [0, 0.1) is 0 Å². The molecule has 0 fully saturated rings. The lowest BCUT2D eigenvalue weighted by Gasteiger charge is -1.89. The second kappa shape index (κ2) is 3.82. The molecule has 1 rings (SSSR count). The average molecular weight is 181 g/mol. The molecule has 0 atom stereocenters. The summed E-state index contributed by atoms with van der Waals surface area (Å²) in [5, 5.41) is 1.74. The zero-order chi connectivity index (χ0) is 8.97. The Labute approximate surface area is 71.2 Å². The van der Waals surface area contributed by atoms with Gasteiger partial charge in [0, 0.05) is 5.56 Å². The first kappa shape index (κ1) is 8.67. The van der Waals surface area contributed by atoms with Crippen molar-refractivity contribution in [2.24, 2.45) is 0 Å². The zero-order valence-corrected chi connectivity index (χ0v) is 6.84. The van der Waals surface area contributed by atoms with Crippen molar-refractivity contribution in [3.8, 4) is 0 Å². The summed E-state index contributed by atoms with van der Waals surface area (Å²) < 4.78 is 20.1. The number of rotatable bonds is 2. The van der Waals surface area contributed by atoms with Gasteiger partial charge in [0.05, 0.1) is 0 Å². The fourth-order valence-corrected chi connectivity index (χ4v) is 0.993. The molecule has 1 aromatic carbocycles. The lowest BCUT2D eigenvalue weighted by Crippen LogP contribution is -1.99. The summed E-state index contributed by atoms with van der Waals surface area (Å²) in [5.41, 5.74) is 0.321. The molecule has 0 heterocycles. The smallest absolute Gasteiger partial charge is 0.227 e. The minimum atomic E-state index is -2.55. The Kier molecular flexibility index (Phi) is 2.76. The van der Waals surface area contributed by atoms with E-state index in [4.69, 9.17) is 0 Å². The quantitative estimate of drug-likeness (QED) is 0.491. The summed E-state index contributed by atoms with van der Waals surface area (Å²) in [7, 11) is -2.55. The van der Waals surface area contributed by atoms with Gasteiger partial charge in [-0.2, -0.15) is 8.42 Å². The molecule has 0 saturated heterocycles. The number of ketones is 1. The van der Waals surface area contributed by atoms with Crippen LogP contribution in [0.4, 0.5) is 0 Å². The van der Waals surface area contributed by atoms with E-state index in [1.54, 1.807) is 23.6 Å². The molecule has 3 nitrogen and oxygen atoms in total. The van der Waals surface area contributed by atoms with Crippen molar-refractivity contribution in [3.05, 3.63) is 35.9 Å². The molecule has 0 aliphatic carbocycles. The summed E-state index contributed by atoms with van der Waals surface area (Å²) >= 11 is 0. The second-order valence-electron chi connectivity index (χ2n) is 2.03. The topological polar surface area (TPSA) is 51.2 Å². The van der Waals surface area contributed by atoms with Gasteiger partial charge in [0.1, 0.15) is 0 Å². The molecule has 0 bridgehead atoms. The fourth-order valence-electron chi connectivity index (χ4n) is 0.724. The molecule has 0 aliphatic heterocycles. The number of hydrogen-bond acceptors (Lipinski definition) is 3. The predicted octanol–water partition coefficient (Wildman–Crippen LogP) is 0.428. The van der Waals surface area contributed by atoms with Crippen LogP contribution < -0.4 is 0 Å². The maximum absolute atomic E-state index is 11.0. The van der Waals surface area contributed by atoms with Crippen LogP contribution in [-0.4, -0.2) is 19.6 Å². The summed E-state index contributed by atoms with van der Waals surface area (Å²) in [6, 6.07) is 8.11. The highest BCUT2D eigenvalue weighted by Gasteiger charge is 2.01. The van der Waals surface area contributed by atoms with Crippen molar-refractivity contribution in [1.82, 2.24) is 0 Å². The molecule has 0 spiro atoms. The Balaban J connectivity index is 3.02. The summed E-state index contributed by atoms with van der Waals surface area (Å²) in [6.07, 6.45) is 0. The molecule has 0 N–H and O–H groups in total. The largest absolute Gasteiger partial charge is 0.287 e. The molecule has 4 heteroatoms. The van der Waals surface area contributed by atoms with Crippen molar-refractivity contribution < 1.29 is 13.2 Å². The van der Waals surface area contributed by atoms with Crippen molar-refractivity contribution in [3.63, 3.8) is 0 Å². The third-order valence-corrected chi connectivity index (χ3v) is 1.56. The maximum Gasteiger partial charge on any atom is 0.227 e. The van der Waals surface area contributed by atoms with E-state index in [1.165, 1.54) is 12.1 Å². The van der Waals surface area contributed by atoms with Crippen LogP contribution >= 0.6 is 0 Å². The number of carbonyl (C=O) groups excluding carboxylic acids is 1. The minimum Gasteiger partial charge on any atom is -0.287 e. The molecular weight excluding hydrogens is 176 g/mol. The van der Waals surface area contributed by atoms with Crippen molar-refractivity contribution in [2.45, 2.75) is 0 Å². The van der Waals surface area contributed by atoms with Gasteiger partial charge in [0.15, 0.2) is 5.37 Å². The van der Waals surface area contributed by atoms with Crippen LogP contribution in [0.3, 0.4) is 0 Å². The Morgan fingerprint density at radius 3 is 2.25 bits per heavy atom. The zero-order valence-electron chi connectivity index (χ0n) is 6.02. The standard InChI is InChI=1S/C8H5O3S/c9-8(6-12(10)11)7-4-2-1-3-5-7/h1-5H. The number of carbonyl (C=O) groups is 1. The lowest BCUT2D eigenvalue weighted by atomic mass is 10.2. The first-order chi connectivity index (χ1) is 5.70. The highest BCUT2D eigenvalue weighted by atomic mass is 32.2. The summed E-state index contributed by atoms with van der Waals surface area (Å²) in [6.45, 7) is 0. The first-order valence-electron chi connectivity index (χ1n) is 3.15. The average Bonchev–Trinajstić information content (AvgIpc) is 2.05. The van der Waals surface area contributed by atoms with Gasteiger partial charge in [-0.25, -0.2) is 0 Å². The molecule has 0 aliphatic rings. The molecule has 12 heavy (non-hydrogen) atoms. The van der Waals surface area contributed by atoms with Crippen LogP contribution in [0.2, 0.25) is 0 Å². The number of benzene rings is 1. The van der Waals surface area contributed by atoms with E-state index in [1.807, 2.05) is 0 Å². The highest BCUT2D eigenvalue weighted by Crippen LogP contribution is 1.97. The Bertz CT molecular complexity index is 395. The van der Waals surface area contributed by atoms with Gasteiger partial charge < -0.3 is 0 Å². The van der Waals surface area contributed by atoms with Crippen molar-refractivity contribution >= 4 is 21.4 Å². The molecule has 0 amide bonds. The van der Waals surface area contributed by atoms with Gasteiger partial charge in [-0.15, -0.1) is 0 Å². The molecule has 61 valence electrons. The van der Waals surface area contributed by atoms with Gasteiger partial charge in [-0.1, -0.05) is 30.3 Å². The van der Waals surface area contributed by atoms with Gasteiger partial charge in [-0.05, 0) is 0 Å². The van der Waals surface area contributed by atoms with Crippen LogP contribution in [0.25, 0.3) is 0 Å². The summed E-state index contributed by atoms with van der Waals surface area (Å²) in [5.74, 6) is -0.621. The van der Waals surface area contributed by atoms with Crippen LogP contribution in [0.15, 0.2) is 30.3 Å². The normalized spacial score (nSPS) is 9.00. The molecule has 1 aromatic rings. The highest BCUT2D eigenvalue weighted by molar-refractivity contribution is 7.73. The first-order valence-corrected chi connectivity index (χ1v) is 4.23. The Morgan fingerprint density at radius 2 is 1.75 bits per heavy atom. The van der Waals surface area contributed by atoms with E-state index >= 15 is 0 Å². The van der Waals surface area contributed by atoms with E-state index in [0.29, 0.717) is 5.56 Å². The van der Waals surface area contributed by atoms with Gasteiger partial charge >= 0.3 is 0 Å². The van der Waals surface area contributed by atoms with E-state index in [9.17, 15) is 13.2 Å². The monoisotopic (exact) mass is 181 g/mol. The van der Waals surface area contributed by atoms with Gasteiger partial charge in [0.2, 0.25) is 16.1 Å². The van der Waals surface area contributed by atoms with E-state index < -0.39 is 16.1 Å². The van der Waals surface area contributed by atoms with Crippen molar-refractivity contribution in [1.29, 1.82) is 0 Å². The van der Waals surface area contributed by atoms with Crippen LogP contribution in [-0.2, 0) is 10.3 Å². The Morgan fingerprint density at radius 1 is 1.17 bits per heavy atom. The second-order valence-corrected chi connectivity index (χ2v) is 2.71. The Hall–Kier alpha value is -1.42. The van der Waals surface area contributed by atoms with Crippen molar-refractivity contribution in [2.75, 3.05) is 0 Å². The third kappa shape index (κ3) is 2.32. The molecular formula is C8H5O3S. The van der Waals surface area contributed by atoms with E-state index in [2.05, 4.69) is 0 Å². The maximum atomic E-state index is 11.0. The third-order valence-electron chi connectivity index (χ3n) is 1.21. The molecule has 1 radical (unpaired) electrons. The minimum absolute atomic E-state index is 0.321. The fraction of sp³-hybridized carbons (Fsp3) is 0. The van der Waals surface area contributed by atoms with E-state index in [0.717, 1.165) is 0 Å². The number of Topliss-reactive ketones (excluding diaryl/α,β-unsaturated/α-hetero) is 1. The van der Waals surface area contributed by atoms with Crippen LogP contribution in [0.1, 0.15) is 10.4 Å². The lowest BCUT2D eigenvalue weighted by molar-refractivity contribution is 0.107. The van der Waals surface area contributed by atoms with Gasteiger partial charge in [-0.3, -0.25) is 4.79 Å². The molecule has 0 saturated carbocycles. The van der Waals surface area contributed by atoms with Gasteiger partial charge in [0.25, 0.3) is 0 Å². The van der Waals surface area contributed by atoms with E-state index in [-0.39, 0.29) is 0 Å². The predicted molar refractivity (Wildman–Crippen MR) is 44.7 cm³/mol. The SMILES string of the molecule is O=C([C]=S(=O)=O)c1ccccc1. The summed E-state index contributed by atoms with van der Waals surface area (Å²) in [4.78, 5) is 11.0. The molecule has 0 aromatic heterocycles.